The lowest BCUT2D eigenvalue weighted by Crippen LogP contribution is -2.24. The first-order valence-electron chi connectivity index (χ1n) is 11.6. The first kappa shape index (κ1) is 28.4. The summed E-state index contributed by atoms with van der Waals surface area (Å²) >= 11 is 0. The summed E-state index contributed by atoms with van der Waals surface area (Å²) in [6, 6.07) is 20.2. The Hall–Kier alpha value is -3.15. The molecule has 0 amide bonds. The zero-order valence-electron chi connectivity index (χ0n) is 21.2. The maximum atomic E-state index is 12.9. The molecule has 1 N–H and O–H groups in total. The molecule has 37 heavy (non-hydrogen) atoms. The molecule has 0 bridgehead atoms. The van der Waals surface area contributed by atoms with Crippen molar-refractivity contribution in [3.8, 4) is 11.5 Å². The van der Waals surface area contributed by atoms with Gasteiger partial charge in [-0.1, -0.05) is 80.6 Å². The summed E-state index contributed by atoms with van der Waals surface area (Å²) in [5.74, 6) is -0.940. The molecule has 0 saturated carbocycles. The molecule has 0 fully saturated rings. The Morgan fingerprint density at radius 3 is 1.70 bits per heavy atom. The Labute approximate surface area is 218 Å². The second-order valence-corrected chi connectivity index (χ2v) is 10.9. The minimum atomic E-state index is -2.69. The van der Waals surface area contributed by atoms with Crippen molar-refractivity contribution >= 4 is 22.5 Å². The van der Waals surface area contributed by atoms with E-state index in [0.717, 1.165) is 11.1 Å². The lowest BCUT2D eigenvalue weighted by Gasteiger charge is -2.26. The van der Waals surface area contributed by atoms with E-state index in [2.05, 4.69) is 0 Å². The van der Waals surface area contributed by atoms with E-state index < -0.39 is 27.9 Å². The normalized spacial score (nSPS) is 12.1. The molecule has 2 unspecified atom stereocenters. The summed E-state index contributed by atoms with van der Waals surface area (Å²) in [4.78, 5) is 11.6. The predicted octanol–water partition coefficient (Wildman–Crippen LogP) is 7.56. The molecule has 3 aromatic rings. The molecule has 194 valence electrons. The van der Waals surface area contributed by atoms with Crippen LogP contribution >= 0.6 is 16.5 Å². The Balaban J connectivity index is 1.92. The molecular formula is C27H30O8P2+2. The van der Waals surface area contributed by atoms with Crippen LogP contribution in [-0.2, 0) is 41.6 Å². The topological polar surface area (TPSA) is 108 Å². The maximum Gasteiger partial charge on any atom is 0.750 e. The third-order valence-electron chi connectivity index (χ3n) is 5.58. The van der Waals surface area contributed by atoms with E-state index in [1.165, 1.54) is 0 Å². The number of rotatable bonds is 13. The molecule has 0 aromatic heterocycles. The highest BCUT2D eigenvalue weighted by molar-refractivity contribution is 7.34. The summed E-state index contributed by atoms with van der Waals surface area (Å²) in [5.41, 5.74) is 2.40. The van der Waals surface area contributed by atoms with Gasteiger partial charge < -0.3 is 5.11 Å². The fourth-order valence-electron chi connectivity index (χ4n) is 4.05. The van der Waals surface area contributed by atoms with Crippen molar-refractivity contribution in [1.82, 2.24) is 0 Å². The van der Waals surface area contributed by atoms with Gasteiger partial charge in [0.2, 0.25) is 11.5 Å². The Kier molecular flexibility index (Phi) is 9.90. The largest absolute Gasteiger partial charge is 0.750 e. The van der Waals surface area contributed by atoms with E-state index in [1.807, 2.05) is 60.7 Å². The zero-order valence-corrected chi connectivity index (χ0v) is 23.0. The van der Waals surface area contributed by atoms with E-state index in [1.54, 1.807) is 33.8 Å². The fraction of sp³-hybridized carbons (Fsp3) is 0.296. The van der Waals surface area contributed by atoms with Crippen LogP contribution < -0.4 is 9.05 Å². The van der Waals surface area contributed by atoms with Gasteiger partial charge in [0, 0.05) is 25.7 Å². The van der Waals surface area contributed by atoms with Gasteiger partial charge in [-0.25, -0.2) is 9.05 Å². The number of aryl methyl sites for hydroxylation is 2. The molecule has 0 aliphatic carbocycles. The molecule has 2 atom stereocenters. The molecule has 3 aromatic carbocycles. The number of hydrogen-bond donors (Lipinski definition) is 1. The van der Waals surface area contributed by atoms with Crippen LogP contribution in [0.1, 0.15) is 48.1 Å². The Morgan fingerprint density at radius 2 is 1.24 bits per heavy atom. The number of carbonyl (C=O) groups is 1. The lowest BCUT2D eigenvalue weighted by atomic mass is 9.78. The molecular weight excluding hydrogens is 514 g/mol. The van der Waals surface area contributed by atoms with Gasteiger partial charge in [0.15, 0.2) is 0 Å². The van der Waals surface area contributed by atoms with Gasteiger partial charge in [-0.15, -0.1) is 9.05 Å². The smallest absolute Gasteiger partial charge is 0.481 e. The van der Waals surface area contributed by atoms with Gasteiger partial charge in [-0.2, -0.15) is 0 Å². The minimum Gasteiger partial charge on any atom is -0.481 e. The van der Waals surface area contributed by atoms with Crippen molar-refractivity contribution in [2.24, 2.45) is 0 Å². The lowest BCUT2D eigenvalue weighted by molar-refractivity contribution is -0.138. The maximum absolute atomic E-state index is 12.9. The average molecular weight is 544 g/mol. The zero-order chi connectivity index (χ0) is 27.0. The molecule has 10 heteroatoms. The summed E-state index contributed by atoms with van der Waals surface area (Å²) in [6.45, 7) is 7.09. The summed E-state index contributed by atoms with van der Waals surface area (Å²) in [5, 5.41) is 9.51. The average Bonchev–Trinajstić information content (AvgIpc) is 2.84. The van der Waals surface area contributed by atoms with E-state index in [4.69, 9.17) is 18.1 Å². The minimum absolute atomic E-state index is 0.0181. The van der Waals surface area contributed by atoms with Crippen LogP contribution in [0.5, 0.6) is 11.5 Å². The summed E-state index contributed by atoms with van der Waals surface area (Å²) in [6.07, 6.45) is -0.231. The number of carboxylic acids is 1. The summed E-state index contributed by atoms with van der Waals surface area (Å²) in [7, 11) is -5.33. The highest BCUT2D eigenvalue weighted by Gasteiger charge is 2.39. The summed E-state index contributed by atoms with van der Waals surface area (Å²) < 4.78 is 48.0. The van der Waals surface area contributed by atoms with E-state index in [-0.39, 0.29) is 31.1 Å². The molecule has 8 nitrogen and oxygen atoms in total. The third-order valence-corrected chi connectivity index (χ3v) is 6.92. The van der Waals surface area contributed by atoms with Crippen LogP contribution in [0.3, 0.4) is 0 Å². The van der Waals surface area contributed by atoms with Crippen LogP contribution in [0.15, 0.2) is 66.7 Å². The highest BCUT2D eigenvalue weighted by Crippen LogP contribution is 2.50. The van der Waals surface area contributed by atoms with E-state index >= 15 is 0 Å². The molecule has 0 saturated heterocycles. The molecule has 3 rings (SSSR count). The van der Waals surface area contributed by atoms with Gasteiger partial charge in [0.05, 0.1) is 6.42 Å². The van der Waals surface area contributed by atoms with Crippen molar-refractivity contribution in [3.05, 3.63) is 94.5 Å². The SMILES string of the molecule is Cc1cc(C)c(C(C)(C)CC(=O)O)c(O[P+](=O)OCc2ccccc2)c1O[P+](=O)OCc1ccccc1. The van der Waals surface area contributed by atoms with Crippen LogP contribution in [-0.4, -0.2) is 11.1 Å². The van der Waals surface area contributed by atoms with Crippen LogP contribution in [0.25, 0.3) is 0 Å². The first-order valence-corrected chi connectivity index (χ1v) is 13.8. The van der Waals surface area contributed by atoms with Gasteiger partial charge >= 0.3 is 22.5 Å². The van der Waals surface area contributed by atoms with Gasteiger partial charge in [-0.3, -0.25) is 4.79 Å². The van der Waals surface area contributed by atoms with Gasteiger partial charge in [0.1, 0.15) is 13.2 Å². The van der Waals surface area contributed by atoms with E-state index in [0.29, 0.717) is 16.7 Å². The number of carboxylic acid groups (broad SMARTS) is 1. The standard InChI is InChI=1S/C27H29O8P2/c1-19-15-20(2)25(34-36(30)32-17-21-11-7-5-8-12-21)26(24(19)27(3,4)16-23(28)29)35-37(31)33-18-22-13-9-6-10-14-22/h5-15H,16-18H2,1-4H3/q+1/p+1. The Bertz CT molecular complexity index is 1260. The fourth-order valence-corrected chi connectivity index (χ4v) is 5.36. The van der Waals surface area contributed by atoms with Crippen molar-refractivity contribution in [3.63, 3.8) is 0 Å². The number of aliphatic carboxylic acids is 1. The first-order chi connectivity index (χ1) is 17.6. The second kappa shape index (κ2) is 12.9. The molecule has 0 heterocycles. The van der Waals surface area contributed by atoms with Crippen LogP contribution in [0.4, 0.5) is 0 Å². The van der Waals surface area contributed by atoms with Gasteiger partial charge in [0.25, 0.3) is 0 Å². The Morgan fingerprint density at radius 1 is 0.784 bits per heavy atom. The van der Waals surface area contributed by atoms with Crippen LogP contribution in [0, 0.1) is 13.8 Å². The van der Waals surface area contributed by atoms with Crippen molar-refractivity contribution in [2.45, 2.75) is 52.7 Å². The highest BCUT2D eigenvalue weighted by atomic mass is 31.1. The molecule has 0 aliphatic heterocycles. The molecule has 0 spiro atoms. The second-order valence-electron chi connectivity index (χ2n) is 9.15. The quantitative estimate of drug-likeness (QED) is 0.220. The van der Waals surface area contributed by atoms with Crippen molar-refractivity contribution in [1.29, 1.82) is 0 Å². The van der Waals surface area contributed by atoms with Crippen molar-refractivity contribution < 1.29 is 37.1 Å². The van der Waals surface area contributed by atoms with Crippen molar-refractivity contribution in [2.75, 3.05) is 0 Å². The van der Waals surface area contributed by atoms with Crippen LogP contribution in [0.2, 0.25) is 0 Å². The predicted molar refractivity (Wildman–Crippen MR) is 140 cm³/mol. The van der Waals surface area contributed by atoms with Gasteiger partial charge in [-0.05, 0) is 30.5 Å². The molecule has 0 aliphatic rings. The monoisotopic (exact) mass is 544 g/mol. The molecule has 0 radical (unpaired) electrons. The number of hydrogen-bond acceptors (Lipinski definition) is 7. The van der Waals surface area contributed by atoms with E-state index in [9.17, 15) is 19.0 Å². The number of benzene rings is 3. The third kappa shape index (κ3) is 8.17.